The highest BCUT2D eigenvalue weighted by atomic mass is 16.5. The van der Waals surface area contributed by atoms with Crippen LogP contribution in [-0.4, -0.2) is 19.1 Å². The van der Waals surface area contributed by atoms with E-state index in [0.29, 0.717) is 6.42 Å². The number of ether oxygens (including phenoxy) is 1. The van der Waals surface area contributed by atoms with Gasteiger partial charge in [-0.2, -0.15) is 0 Å². The number of hydrogen-bond donors (Lipinski definition) is 1. The second-order valence-electron chi connectivity index (χ2n) is 2.76. The second kappa shape index (κ2) is 3.53. The molecule has 0 aromatic rings. The highest BCUT2D eigenvalue weighted by molar-refractivity contribution is 5.88. The Balaban J connectivity index is 2.57. The summed E-state index contributed by atoms with van der Waals surface area (Å²) in [7, 11) is 1.39. The van der Waals surface area contributed by atoms with E-state index in [1.807, 2.05) is 6.08 Å². The zero-order valence-corrected chi connectivity index (χ0v) is 6.67. The van der Waals surface area contributed by atoms with Crippen LogP contribution in [0, 0.1) is 0 Å². The standard InChI is InChI=1S/C8H13NO2/c1-11-8(10)6-3-2-4-7(9)5-6/h3,7H,2,4-5,9H2,1H3/t7-/m0/s1. The molecule has 0 aliphatic heterocycles. The lowest BCUT2D eigenvalue weighted by Gasteiger charge is -2.16. The highest BCUT2D eigenvalue weighted by Crippen LogP contribution is 2.17. The molecule has 11 heavy (non-hydrogen) atoms. The van der Waals surface area contributed by atoms with E-state index >= 15 is 0 Å². The molecule has 1 atom stereocenters. The number of esters is 1. The van der Waals surface area contributed by atoms with Crippen LogP contribution in [0.3, 0.4) is 0 Å². The van der Waals surface area contributed by atoms with Crippen molar-refractivity contribution in [3.8, 4) is 0 Å². The van der Waals surface area contributed by atoms with Gasteiger partial charge in [-0.3, -0.25) is 0 Å². The van der Waals surface area contributed by atoms with Crippen LogP contribution in [0.2, 0.25) is 0 Å². The number of hydrogen-bond acceptors (Lipinski definition) is 3. The molecule has 0 unspecified atom stereocenters. The van der Waals surface area contributed by atoms with Gasteiger partial charge in [-0.25, -0.2) is 4.79 Å². The second-order valence-corrected chi connectivity index (χ2v) is 2.76. The molecular weight excluding hydrogens is 142 g/mol. The maximum Gasteiger partial charge on any atom is 0.333 e. The van der Waals surface area contributed by atoms with E-state index in [-0.39, 0.29) is 12.0 Å². The maximum absolute atomic E-state index is 11.0. The molecule has 2 N–H and O–H groups in total. The van der Waals surface area contributed by atoms with E-state index in [0.717, 1.165) is 18.4 Å². The van der Waals surface area contributed by atoms with Gasteiger partial charge < -0.3 is 10.5 Å². The lowest BCUT2D eigenvalue weighted by molar-refractivity contribution is -0.136. The summed E-state index contributed by atoms with van der Waals surface area (Å²) in [5, 5.41) is 0. The summed E-state index contributed by atoms with van der Waals surface area (Å²) in [6, 6.07) is 0.133. The average molecular weight is 155 g/mol. The van der Waals surface area contributed by atoms with Gasteiger partial charge in [0, 0.05) is 11.6 Å². The summed E-state index contributed by atoms with van der Waals surface area (Å²) in [4.78, 5) is 11.0. The Labute approximate surface area is 66.2 Å². The summed E-state index contributed by atoms with van der Waals surface area (Å²) >= 11 is 0. The van der Waals surface area contributed by atoms with E-state index in [2.05, 4.69) is 4.74 Å². The molecule has 1 aliphatic carbocycles. The number of nitrogens with two attached hydrogens (primary N) is 1. The molecule has 0 radical (unpaired) electrons. The fraction of sp³-hybridized carbons (Fsp3) is 0.625. The van der Waals surface area contributed by atoms with E-state index in [9.17, 15) is 4.79 Å². The number of rotatable bonds is 1. The van der Waals surface area contributed by atoms with Crippen molar-refractivity contribution in [2.24, 2.45) is 5.73 Å². The first kappa shape index (κ1) is 8.27. The fourth-order valence-electron chi connectivity index (χ4n) is 1.24. The van der Waals surface area contributed by atoms with Gasteiger partial charge in [-0.15, -0.1) is 0 Å². The van der Waals surface area contributed by atoms with E-state index < -0.39 is 0 Å². The molecule has 1 rings (SSSR count). The minimum absolute atomic E-state index is 0.133. The zero-order valence-electron chi connectivity index (χ0n) is 6.67. The predicted molar refractivity (Wildman–Crippen MR) is 41.9 cm³/mol. The SMILES string of the molecule is COC(=O)C1=CCC[C@H](N)C1. The largest absolute Gasteiger partial charge is 0.466 e. The third kappa shape index (κ3) is 2.05. The van der Waals surface area contributed by atoms with Gasteiger partial charge in [0.25, 0.3) is 0 Å². The van der Waals surface area contributed by atoms with Gasteiger partial charge in [0.2, 0.25) is 0 Å². The van der Waals surface area contributed by atoms with Crippen LogP contribution >= 0.6 is 0 Å². The van der Waals surface area contributed by atoms with Crippen molar-refractivity contribution in [3.05, 3.63) is 11.6 Å². The van der Waals surface area contributed by atoms with E-state index in [4.69, 9.17) is 5.73 Å². The number of carbonyl (C=O) groups is 1. The van der Waals surface area contributed by atoms with Crippen LogP contribution in [0.15, 0.2) is 11.6 Å². The molecule has 62 valence electrons. The Morgan fingerprint density at radius 2 is 2.55 bits per heavy atom. The molecule has 1 aliphatic rings. The monoisotopic (exact) mass is 155 g/mol. The minimum Gasteiger partial charge on any atom is -0.466 e. The smallest absolute Gasteiger partial charge is 0.333 e. The van der Waals surface area contributed by atoms with Crippen LogP contribution in [0.25, 0.3) is 0 Å². The van der Waals surface area contributed by atoms with Crippen LogP contribution in [0.1, 0.15) is 19.3 Å². The molecule has 0 bridgehead atoms. The average Bonchev–Trinajstić information content (AvgIpc) is 2.03. The predicted octanol–water partition coefficient (Wildman–Crippen LogP) is 0.597. The first-order chi connectivity index (χ1) is 5.24. The summed E-state index contributed by atoms with van der Waals surface area (Å²) in [6.45, 7) is 0. The molecule has 0 fully saturated rings. The molecule has 3 nitrogen and oxygen atoms in total. The molecular formula is C8H13NO2. The Morgan fingerprint density at radius 3 is 3.09 bits per heavy atom. The third-order valence-corrected chi connectivity index (χ3v) is 1.86. The third-order valence-electron chi connectivity index (χ3n) is 1.86. The number of methoxy groups -OCH3 is 1. The molecule has 0 spiro atoms. The Hall–Kier alpha value is -0.830. The van der Waals surface area contributed by atoms with Crippen LogP contribution in [0.4, 0.5) is 0 Å². The van der Waals surface area contributed by atoms with E-state index in [1.165, 1.54) is 7.11 Å². The van der Waals surface area contributed by atoms with Crippen molar-refractivity contribution in [2.75, 3.05) is 7.11 Å². The normalized spacial score (nSPS) is 24.2. The quantitative estimate of drug-likeness (QED) is 0.564. The van der Waals surface area contributed by atoms with Crippen LogP contribution in [0.5, 0.6) is 0 Å². The zero-order chi connectivity index (χ0) is 8.27. The number of carbonyl (C=O) groups excluding carboxylic acids is 1. The Morgan fingerprint density at radius 1 is 1.82 bits per heavy atom. The molecule has 0 aromatic carbocycles. The van der Waals surface area contributed by atoms with Gasteiger partial charge in [-0.05, 0) is 19.3 Å². The van der Waals surface area contributed by atoms with Crippen molar-refractivity contribution in [3.63, 3.8) is 0 Å². The van der Waals surface area contributed by atoms with Crippen molar-refractivity contribution in [1.29, 1.82) is 0 Å². The lowest BCUT2D eigenvalue weighted by atomic mass is 9.96. The molecule has 0 aromatic heterocycles. The fourth-order valence-corrected chi connectivity index (χ4v) is 1.24. The molecule has 0 heterocycles. The summed E-state index contributed by atoms with van der Waals surface area (Å²) in [5.74, 6) is -0.236. The van der Waals surface area contributed by atoms with Crippen molar-refractivity contribution in [2.45, 2.75) is 25.3 Å². The first-order valence-corrected chi connectivity index (χ1v) is 3.77. The topological polar surface area (TPSA) is 52.3 Å². The van der Waals surface area contributed by atoms with Crippen LogP contribution < -0.4 is 5.73 Å². The van der Waals surface area contributed by atoms with Gasteiger partial charge in [-0.1, -0.05) is 6.08 Å². The van der Waals surface area contributed by atoms with Gasteiger partial charge in [0.1, 0.15) is 0 Å². The number of allylic oxidation sites excluding steroid dienone is 1. The van der Waals surface area contributed by atoms with Crippen molar-refractivity contribution < 1.29 is 9.53 Å². The molecule has 0 amide bonds. The summed E-state index contributed by atoms with van der Waals surface area (Å²) < 4.78 is 4.58. The Bertz CT molecular complexity index is 187. The molecule has 3 heteroatoms. The van der Waals surface area contributed by atoms with Gasteiger partial charge >= 0.3 is 5.97 Å². The van der Waals surface area contributed by atoms with Crippen molar-refractivity contribution in [1.82, 2.24) is 0 Å². The minimum atomic E-state index is -0.236. The van der Waals surface area contributed by atoms with Gasteiger partial charge in [0.15, 0.2) is 0 Å². The summed E-state index contributed by atoms with van der Waals surface area (Å²) in [5.41, 5.74) is 6.40. The lowest BCUT2D eigenvalue weighted by Crippen LogP contribution is -2.25. The van der Waals surface area contributed by atoms with Crippen LogP contribution in [-0.2, 0) is 9.53 Å². The maximum atomic E-state index is 11.0. The highest BCUT2D eigenvalue weighted by Gasteiger charge is 2.17. The van der Waals surface area contributed by atoms with E-state index in [1.54, 1.807) is 0 Å². The molecule has 0 saturated carbocycles. The molecule has 0 saturated heterocycles. The Kier molecular flexibility index (Phi) is 2.65. The first-order valence-electron chi connectivity index (χ1n) is 3.77. The summed E-state index contributed by atoms with van der Waals surface area (Å²) in [6.07, 6.45) is 4.44. The van der Waals surface area contributed by atoms with Gasteiger partial charge in [0.05, 0.1) is 7.11 Å². The van der Waals surface area contributed by atoms with Crippen molar-refractivity contribution >= 4 is 5.97 Å².